The summed E-state index contributed by atoms with van der Waals surface area (Å²) in [6.07, 6.45) is 0.858. The van der Waals surface area contributed by atoms with Crippen LogP contribution in [0, 0.1) is 11.3 Å². The van der Waals surface area contributed by atoms with Crippen molar-refractivity contribution in [1.29, 1.82) is 5.26 Å². The van der Waals surface area contributed by atoms with Gasteiger partial charge in [-0.25, -0.2) is 0 Å². The molecule has 0 saturated heterocycles. The lowest BCUT2D eigenvalue weighted by Crippen LogP contribution is -2.17. The van der Waals surface area contributed by atoms with Crippen LogP contribution in [0.4, 0.5) is 0 Å². The molecule has 0 amide bonds. The van der Waals surface area contributed by atoms with Crippen molar-refractivity contribution < 1.29 is 4.74 Å². The predicted molar refractivity (Wildman–Crippen MR) is 75.0 cm³/mol. The summed E-state index contributed by atoms with van der Waals surface area (Å²) in [5, 5.41) is 8.72. The summed E-state index contributed by atoms with van der Waals surface area (Å²) >= 11 is 0. The summed E-state index contributed by atoms with van der Waals surface area (Å²) in [5.41, 5.74) is 7.58. The normalized spacial score (nSPS) is 11.6. The summed E-state index contributed by atoms with van der Waals surface area (Å²) in [6.45, 7) is 1.99. The number of nitriles is 1. The minimum absolute atomic E-state index is 0.158. The maximum atomic E-state index is 8.72. The largest absolute Gasteiger partial charge is 0.457 e. The average molecular weight is 252 g/mol. The van der Waals surface area contributed by atoms with Crippen LogP contribution in [0.1, 0.15) is 18.1 Å². The Labute approximate surface area is 113 Å². The Morgan fingerprint density at radius 1 is 1.05 bits per heavy atom. The number of nitrogens with zero attached hydrogens (tertiary/aromatic N) is 1. The first-order valence-electron chi connectivity index (χ1n) is 6.20. The Morgan fingerprint density at radius 3 is 2.05 bits per heavy atom. The zero-order valence-electron chi connectivity index (χ0n) is 10.8. The molecule has 19 heavy (non-hydrogen) atoms. The highest BCUT2D eigenvalue weighted by atomic mass is 16.5. The van der Waals surface area contributed by atoms with Crippen molar-refractivity contribution in [3.63, 3.8) is 0 Å². The van der Waals surface area contributed by atoms with E-state index in [0.29, 0.717) is 5.56 Å². The molecule has 2 aromatic rings. The third-order valence-corrected chi connectivity index (χ3v) is 2.70. The average Bonchev–Trinajstić information content (AvgIpc) is 2.41. The number of ether oxygens (including phenoxy) is 1. The summed E-state index contributed by atoms with van der Waals surface area (Å²) in [4.78, 5) is 0. The van der Waals surface area contributed by atoms with Crippen LogP contribution in [-0.2, 0) is 6.42 Å². The van der Waals surface area contributed by atoms with Gasteiger partial charge in [0.15, 0.2) is 0 Å². The Kier molecular flexibility index (Phi) is 4.17. The lowest BCUT2D eigenvalue weighted by Gasteiger charge is -2.08. The van der Waals surface area contributed by atoms with Crippen LogP contribution in [0.15, 0.2) is 48.5 Å². The molecule has 3 heteroatoms. The van der Waals surface area contributed by atoms with E-state index in [-0.39, 0.29) is 6.04 Å². The highest BCUT2D eigenvalue weighted by Crippen LogP contribution is 2.22. The van der Waals surface area contributed by atoms with Crippen molar-refractivity contribution in [3.05, 3.63) is 59.7 Å². The van der Waals surface area contributed by atoms with Gasteiger partial charge in [-0.2, -0.15) is 5.26 Å². The van der Waals surface area contributed by atoms with E-state index in [9.17, 15) is 0 Å². The highest BCUT2D eigenvalue weighted by molar-refractivity contribution is 5.38. The molecule has 0 bridgehead atoms. The first-order chi connectivity index (χ1) is 9.17. The second kappa shape index (κ2) is 6.03. The maximum absolute atomic E-state index is 8.72. The second-order valence-corrected chi connectivity index (χ2v) is 4.56. The Morgan fingerprint density at radius 2 is 1.58 bits per heavy atom. The van der Waals surface area contributed by atoms with Crippen molar-refractivity contribution in [2.75, 3.05) is 0 Å². The lowest BCUT2D eigenvalue weighted by atomic mass is 10.1. The minimum atomic E-state index is 0.158. The minimum Gasteiger partial charge on any atom is -0.457 e. The molecule has 96 valence electrons. The molecule has 1 atom stereocenters. The number of hydrogen-bond donors (Lipinski definition) is 1. The van der Waals surface area contributed by atoms with Gasteiger partial charge in [0.25, 0.3) is 0 Å². The highest BCUT2D eigenvalue weighted by Gasteiger charge is 2.00. The van der Waals surface area contributed by atoms with Crippen molar-refractivity contribution in [2.24, 2.45) is 5.73 Å². The SMILES string of the molecule is CC(N)Cc1ccc(Oc2ccc(C#N)cc2)cc1. The Balaban J connectivity index is 2.04. The third-order valence-electron chi connectivity index (χ3n) is 2.70. The smallest absolute Gasteiger partial charge is 0.127 e. The zero-order valence-corrected chi connectivity index (χ0v) is 10.8. The van der Waals surface area contributed by atoms with Gasteiger partial charge in [-0.1, -0.05) is 12.1 Å². The summed E-state index contributed by atoms with van der Waals surface area (Å²) in [7, 11) is 0. The van der Waals surface area contributed by atoms with Gasteiger partial charge in [0.2, 0.25) is 0 Å². The molecule has 0 aliphatic carbocycles. The molecule has 0 radical (unpaired) electrons. The van der Waals surface area contributed by atoms with E-state index in [4.69, 9.17) is 15.7 Å². The fourth-order valence-electron chi connectivity index (χ4n) is 1.80. The quantitative estimate of drug-likeness (QED) is 0.908. The van der Waals surface area contributed by atoms with E-state index < -0.39 is 0 Å². The molecule has 0 heterocycles. The van der Waals surface area contributed by atoms with Crippen LogP contribution in [0.25, 0.3) is 0 Å². The molecule has 0 fully saturated rings. The Hall–Kier alpha value is -2.31. The third kappa shape index (κ3) is 3.84. The lowest BCUT2D eigenvalue weighted by molar-refractivity contribution is 0.482. The van der Waals surface area contributed by atoms with Crippen molar-refractivity contribution in [2.45, 2.75) is 19.4 Å². The van der Waals surface area contributed by atoms with Gasteiger partial charge in [-0.15, -0.1) is 0 Å². The van der Waals surface area contributed by atoms with E-state index in [1.165, 1.54) is 5.56 Å². The van der Waals surface area contributed by atoms with Crippen LogP contribution in [-0.4, -0.2) is 6.04 Å². The summed E-state index contributed by atoms with van der Waals surface area (Å²) in [6, 6.07) is 17.2. The van der Waals surface area contributed by atoms with Gasteiger partial charge in [0, 0.05) is 6.04 Å². The van der Waals surface area contributed by atoms with E-state index in [1.54, 1.807) is 24.3 Å². The number of nitrogens with two attached hydrogens (primary N) is 1. The van der Waals surface area contributed by atoms with Gasteiger partial charge in [-0.3, -0.25) is 0 Å². The molecule has 0 aliphatic rings. The maximum Gasteiger partial charge on any atom is 0.127 e. The molecular weight excluding hydrogens is 236 g/mol. The van der Waals surface area contributed by atoms with Crippen LogP contribution >= 0.6 is 0 Å². The molecule has 2 rings (SSSR count). The monoisotopic (exact) mass is 252 g/mol. The van der Waals surface area contributed by atoms with Crippen LogP contribution in [0.2, 0.25) is 0 Å². The van der Waals surface area contributed by atoms with Crippen molar-refractivity contribution in [1.82, 2.24) is 0 Å². The fraction of sp³-hybridized carbons (Fsp3) is 0.188. The number of rotatable bonds is 4. The molecule has 2 aromatic carbocycles. The molecule has 2 N–H and O–H groups in total. The topological polar surface area (TPSA) is 59.0 Å². The summed E-state index contributed by atoms with van der Waals surface area (Å²) < 4.78 is 5.70. The number of benzene rings is 2. The van der Waals surface area contributed by atoms with Crippen LogP contribution in [0.5, 0.6) is 11.5 Å². The fourth-order valence-corrected chi connectivity index (χ4v) is 1.80. The molecular formula is C16H16N2O. The van der Waals surface area contributed by atoms with Gasteiger partial charge in [-0.05, 0) is 55.3 Å². The first-order valence-corrected chi connectivity index (χ1v) is 6.20. The van der Waals surface area contributed by atoms with Gasteiger partial charge in [0.05, 0.1) is 11.6 Å². The standard InChI is InChI=1S/C16H16N2O/c1-12(18)10-13-2-6-15(7-3-13)19-16-8-4-14(11-17)5-9-16/h2-9,12H,10,18H2,1H3. The molecule has 1 unspecified atom stereocenters. The first kappa shape index (κ1) is 13.1. The van der Waals surface area contributed by atoms with Crippen molar-refractivity contribution >= 4 is 0 Å². The zero-order chi connectivity index (χ0) is 13.7. The second-order valence-electron chi connectivity index (χ2n) is 4.56. The van der Waals surface area contributed by atoms with Crippen LogP contribution < -0.4 is 10.5 Å². The van der Waals surface area contributed by atoms with Gasteiger partial charge in [0.1, 0.15) is 11.5 Å². The molecule has 3 nitrogen and oxygen atoms in total. The molecule has 0 spiro atoms. The van der Waals surface area contributed by atoms with E-state index in [1.807, 2.05) is 31.2 Å². The van der Waals surface area contributed by atoms with E-state index in [0.717, 1.165) is 17.9 Å². The van der Waals surface area contributed by atoms with Gasteiger partial charge >= 0.3 is 0 Å². The van der Waals surface area contributed by atoms with Crippen molar-refractivity contribution in [3.8, 4) is 17.6 Å². The predicted octanol–water partition coefficient (Wildman–Crippen LogP) is 3.24. The van der Waals surface area contributed by atoms with Gasteiger partial charge < -0.3 is 10.5 Å². The Bertz CT molecular complexity index is 565. The van der Waals surface area contributed by atoms with E-state index >= 15 is 0 Å². The van der Waals surface area contributed by atoms with E-state index in [2.05, 4.69) is 6.07 Å². The van der Waals surface area contributed by atoms with Crippen LogP contribution in [0.3, 0.4) is 0 Å². The number of hydrogen-bond acceptors (Lipinski definition) is 3. The molecule has 0 aliphatic heterocycles. The molecule has 0 saturated carbocycles. The molecule has 0 aromatic heterocycles. The summed E-state index contributed by atoms with van der Waals surface area (Å²) in [5.74, 6) is 1.50.